The molecule has 24 heavy (non-hydrogen) atoms. The van der Waals surface area contributed by atoms with Gasteiger partial charge in [0.15, 0.2) is 0 Å². The van der Waals surface area contributed by atoms with E-state index in [1.54, 1.807) is 12.1 Å². The van der Waals surface area contributed by atoms with Gasteiger partial charge in [0.05, 0.1) is 6.61 Å². The summed E-state index contributed by atoms with van der Waals surface area (Å²) in [4.78, 5) is 0. The lowest BCUT2D eigenvalue weighted by atomic mass is 10.0. The molecule has 0 saturated carbocycles. The van der Waals surface area contributed by atoms with E-state index in [-0.39, 0.29) is 12.4 Å². The second-order valence-corrected chi connectivity index (χ2v) is 6.24. The molecule has 3 nitrogen and oxygen atoms in total. The number of hydrogen-bond acceptors (Lipinski definition) is 3. The van der Waals surface area contributed by atoms with Gasteiger partial charge in [-0.1, -0.05) is 30.3 Å². The van der Waals surface area contributed by atoms with Crippen LogP contribution in [0.4, 0.5) is 4.39 Å². The molecule has 0 amide bonds. The summed E-state index contributed by atoms with van der Waals surface area (Å²) < 4.78 is 24.8. The van der Waals surface area contributed by atoms with Crippen LogP contribution < -0.4 is 10.1 Å². The fourth-order valence-corrected chi connectivity index (χ4v) is 2.91. The SMILES string of the molecule is Fc1ccccc1COc1cccc(CNCC2CCCOC2)c1. The summed E-state index contributed by atoms with van der Waals surface area (Å²) in [5, 5.41) is 3.49. The Morgan fingerprint density at radius 3 is 2.92 bits per heavy atom. The van der Waals surface area contributed by atoms with Crippen molar-refractivity contribution in [3.8, 4) is 5.75 Å². The number of halogens is 1. The molecule has 0 spiro atoms. The molecule has 0 aliphatic carbocycles. The molecule has 1 unspecified atom stereocenters. The highest BCUT2D eigenvalue weighted by Crippen LogP contribution is 2.17. The van der Waals surface area contributed by atoms with Crippen LogP contribution in [0.1, 0.15) is 24.0 Å². The minimum absolute atomic E-state index is 0.231. The van der Waals surface area contributed by atoms with Crippen LogP contribution in [0.3, 0.4) is 0 Å². The lowest BCUT2D eigenvalue weighted by molar-refractivity contribution is 0.0547. The third-order valence-corrected chi connectivity index (χ3v) is 4.27. The summed E-state index contributed by atoms with van der Waals surface area (Å²) >= 11 is 0. The molecule has 2 aromatic rings. The topological polar surface area (TPSA) is 30.5 Å². The van der Waals surface area contributed by atoms with Crippen LogP contribution in [-0.2, 0) is 17.9 Å². The summed E-state index contributed by atoms with van der Waals surface area (Å²) in [5.41, 5.74) is 1.73. The summed E-state index contributed by atoms with van der Waals surface area (Å²) in [7, 11) is 0. The van der Waals surface area contributed by atoms with Crippen molar-refractivity contribution >= 4 is 0 Å². The molecule has 128 valence electrons. The first-order chi connectivity index (χ1) is 11.8. The first-order valence-corrected chi connectivity index (χ1v) is 8.55. The molecule has 1 aliphatic rings. The Labute approximate surface area is 142 Å². The molecule has 0 bridgehead atoms. The van der Waals surface area contributed by atoms with E-state index in [2.05, 4.69) is 11.4 Å². The quantitative estimate of drug-likeness (QED) is 0.835. The largest absolute Gasteiger partial charge is 0.489 e. The maximum Gasteiger partial charge on any atom is 0.129 e. The van der Waals surface area contributed by atoms with Gasteiger partial charge in [-0.15, -0.1) is 0 Å². The highest BCUT2D eigenvalue weighted by molar-refractivity contribution is 5.29. The van der Waals surface area contributed by atoms with Gasteiger partial charge in [-0.3, -0.25) is 0 Å². The molecular weight excluding hydrogens is 305 g/mol. The van der Waals surface area contributed by atoms with Crippen molar-refractivity contribution in [2.24, 2.45) is 5.92 Å². The van der Waals surface area contributed by atoms with Crippen LogP contribution in [0.15, 0.2) is 48.5 Å². The number of ether oxygens (including phenoxy) is 2. The number of hydrogen-bond donors (Lipinski definition) is 1. The van der Waals surface area contributed by atoms with Crippen LogP contribution >= 0.6 is 0 Å². The smallest absolute Gasteiger partial charge is 0.129 e. The van der Waals surface area contributed by atoms with E-state index in [4.69, 9.17) is 9.47 Å². The van der Waals surface area contributed by atoms with Crippen molar-refractivity contribution in [1.29, 1.82) is 0 Å². The van der Waals surface area contributed by atoms with Gasteiger partial charge in [-0.05, 0) is 42.5 Å². The molecule has 1 fully saturated rings. The second kappa shape index (κ2) is 8.81. The number of rotatable bonds is 7. The van der Waals surface area contributed by atoms with Gasteiger partial charge in [0.25, 0.3) is 0 Å². The zero-order valence-electron chi connectivity index (χ0n) is 13.8. The van der Waals surface area contributed by atoms with Crippen LogP contribution in [-0.4, -0.2) is 19.8 Å². The normalized spacial score (nSPS) is 17.6. The Hall–Kier alpha value is -1.91. The van der Waals surface area contributed by atoms with E-state index < -0.39 is 0 Å². The van der Waals surface area contributed by atoms with Gasteiger partial charge in [0.2, 0.25) is 0 Å². The molecule has 1 N–H and O–H groups in total. The Balaban J connectivity index is 1.47. The Kier molecular flexibility index (Phi) is 6.21. The molecule has 1 saturated heterocycles. The van der Waals surface area contributed by atoms with Gasteiger partial charge < -0.3 is 14.8 Å². The molecule has 2 aromatic carbocycles. The van der Waals surface area contributed by atoms with Crippen molar-refractivity contribution in [2.75, 3.05) is 19.8 Å². The van der Waals surface area contributed by atoms with E-state index in [9.17, 15) is 4.39 Å². The van der Waals surface area contributed by atoms with Gasteiger partial charge in [-0.25, -0.2) is 4.39 Å². The Bertz CT molecular complexity index is 641. The van der Waals surface area contributed by atoms with Crippen molar-refractivity contribution in [1.82, 2.24) is 5.32 Å². The van der Waals surface area contributed by atoms with Crippen LogP contribution in [0.2, 0.25) is 0 Å². The van der Waals surface area contributed by atoms with Crippen LogP contribution in [0, 0.1) is 11.7 Å². The van der Waals surface area contributed by atoms with Gasteiger partial charge in [0, 0.05) is 25.3 Å². The van der Waals surface area contributed by atoms with E-state index in [0.29, 0.717) is 11.5 Å². The Morgan fingerprint density at radius 1 is 1.17 bits per heavy atom. The molecular formula is C20H24FNO2. The van der Waals surface area contributed by atoms with E-state index in [0.717, 1.165) is 44.0 Å². The predicted molar refractivity (Wildman–Crippen MR) is 92.4 cm³/mol. The summed E-state index contributed by atoms with van der Waals surface area (Å²) in [6.07, 6.45) is 2.39. The van der Waals surface area contributed by atoms with Crippen LogP contribution in [0.5, 0.6) is 5.75 Å². The molecule has 0 radical (unpaired) electrons. The minimum Gasteiger partial charge on any atom is -0.489 e. The zero-order chi connectivity index (χ0) is 16.6. The minimum atomic E-state index is -0.231. The van der Waals surface area contributed by atoms with Crippen LogP contribution in [0.25, 0.3) is 0 Å². The fraction of sp³-hybridized carbons (Fsp3) is 0.400. The molecule has 0 aromatic heterocycles. The van der Waals surface area contributed by atoms with Gasteiger partial charge >= 0.3 is 0 Å². The monoisotopic (exact) mass is 329 g/mol. The summed E-state index contributed by atoms with van der Waals surface area (Å²) in [6, 6.07) is 14.6. The average Bonchev–Trinajstić information content (AvgIpc) is 2.62. The third kappa shape index (κ3) is 5.05. The van der Waals surface area contributed by atoms with Gasteiger partial charge in [-0.2, -0.15) is 0 Å². The lowest BCUT2D eigenvalue weighted by Gasteiger charge is -2.22. The number of benzene rings is 2. The van der Waals surface area contributed by atoms with Gasteiger partial charge in [0.1, 0.15) is 18.2 Å². The lowest BCUT2D eigenvalue weighted by Crippen LogP contribution is -2.28. The molecule has 1 atom stereocenters. The van der Waals surface area contributed by atoms with Crippen molar-refractivity contribution in [2.45, 2.75) is 26.0 Å². The van der Waals surface area contributed by atoms with Crippen molar-refractivity contribution < 1.29 is 13.9 Å². The third-order valence-electron chi connectivity index (χ3n) is 4.27. The van der Waals surface area contributed by atoms with E-state index >= 15 is 0 Å². The van der Waals surface area contributed by atoms with E-state index in [1.807, 2.05) is 24.3 Å². The molecule has 4 heteroatoms. The standard InChI is InChI=1S/C20H24FNO2/c21-20-9-2-1-7-18(20)15-24-19-8-3-5-16(11-19)12-22-13-17-6-4-10-23-14-17/h1-3,5,7-9,11,17,22H,4,6,10,12-15H2. The maximum atomic E-state index is 13.6. The summed E-state index contributed by atoms with van der Waals surface area (Å²) in [5.74, 6) is 1.14. The van der Waals surface area contributed by atoms with Crippen molar-refractivity contribution in [3.63, 3.8) is 0 Å². The average molecular weight is 329 g/mol. The fourth-order valence-electron chi connectivity index (χ4n) is 2.91. The first kappa shape index (κ1) is 16.9. The molecule has 3 rings (SSSR count). The Morgan fingerprint density at radius 2 is 2.08 bits per heavy atom. The highest BCUT2D eigenvalue weighted by atomic mass is 19.1. The zero-order valence-corrected chi connectivity index (χ0v) is 13.8. The second-order valence-electron chi connectivity index (χ2n) is 6.24. The highest BCUT2D eigenvalue weighted by Gasteiger charge is 2.13. The maximum absolute atomic E-state index is 13.6. The molecule has 1 aliphatic heterocycles. The van der Waals surface area contributed by atoms with Crippen molar-refractivity contribution in [3.05, 3.63) is 65.5 Å². The predicted octanol–water partition coefficient (Wildman–Crippen LogP) is 3.92. The molecule has 1 heterocycles. The van der Waals surface area contributed by atoms with E-state index in [1.165, 1.54) is 12.5 Å². The first-order valence-electron chi connectivity index (χ1n) is 8.55. The summed E-state index contributed by atoms with van der Waals surface area (Å²) in [6.45, 7) is 3.77. The number of nitrogens with one attached hydrogen (secondary N) is 1.